The lowest BCUT2D eigenvalue weighted by Crippen LogP contribution is -2.27. The monoisotopic (exact) mass is 557 g/mol. The van der Waals surface area contributed by atoms with Crippen molar-refractivity contribution in [1.82, 2.24) is 30.1 Å². The molecule has 2 N–H and O–H groups in total. The Morgan fingerprint density at radius 3 is 2.39 bits per heavy atom. The normalized spacial score (nSPS) is 12.0. The first kappa shape index (κ1) is 30.0. The summed E-state index contributed by atoms with van der Waals surface area (Å²) in [6, 6.07) is 9.61. The Bertz CT molecular complexity index is 1550. The third kappa shape index (κ3) is 6.85. The van der Waals surface area contributed by atoms with Crippen molar-refractivity contribution in [3.8, 4) is 22.7 Å². The third-order valence-electron chi connectivity index (χ3n) is 7.13. The van der Waals surface area contributed by atoms with Gasteiger partial charge in [-0.15, -0.1) is 5.10 Å². The number of benzene rings is 2. The number of hydrogen-bond acceptors (Lipinski definition) is 6. The standard InChI is InChI=1S/C32H43N7O2/c1-20-11-12-22(14-28(20)39-18-27(36-37-39)25-17-34-38(9)21(25)2)30(40)35-24-13-23(16-33-19-31(3,4)5)29(41-10)26(15-24)32(6,7)8/h11-15,17-18,33H,16,19H2,1-10H3,(H,35,40). The second kappa shape index (κ2) is 11.5. The van der Waals surface area contributed by atoms with Gasteiger partial charge in [0.05, 0.1) is 25.2 Å². The number of nitrogens with zero attached hydrogens (tertiary/aromatic N) is 5. The van der Waals surface area contributed by atoms with Gasteiger partial charge >= 0.3 is 0 Å². The molecule has 9 heteroatoms. The number of carbonyl (C=O) groups is 1. The van der Waals surface area contributed by atoms with Gasteiger partial charge in [-0.1, -0.05) is 52.8 Å². The van der Waals surface area contributed by atoms with Gasteiger partial charge in [-0.2, -0.15) is 5.10 Å². The molecule has 41 heavy (non-hydrogen) atoms. The SMILES string of the molecule is COc1c(CNCC(C)(C)C)cc(NC(=O)c2ccc(C)c(-n3cc(-c4cnn(C)c4C)nn3)c2)cc1C(C)(C)C. The maximum atomic E-state index is 13.5. The van der Waals surface area contributed by atoms with Crippen molar-refractivity contribution in [3.05, 3.63) is 70.7 Å². The van der Waals surface area contributed by atoms with E-state index >= 15 is 0 Å². The highest BCUT2D eigenvalue weighted by Gasteiger charge is 2.24. The zero-order valence-corrected chi connectivity index (χ0v) is 26.0. The van der Waals surface area contributed by atoms with Crippen molar-refractivity contribution in [2.75, 3.05) is 19.0 Å². The number of ether oxygens (including phenoxy) is 1. The van der Waals surface area contributed by atoms with Crippen LogP contribution in [-0.4, -0.2) is 44.3 Å². The molecule has 0 aliphatic carbocycles. The highest BCUT2D eigenvalue weighted by molar-refractivity contribution is 6.04. The number of aryl methyl sites for hydroxylation is 2. The molecule has 218 valence electrons. The first-order chi connectivity index (χ1) is 19.2. The maximum absolute atomic E-state index is 13.5. The Hall–Kier alpha value is -3.98. The minimum Gasteiger partial charge on any atom is -0.496 e. The molecule has 2 heterocycles. The van der Waals surface area contributed by atoms with Crippen LogP contribution in [-0.2, 0) is 19.0 Å². The summed E-state index contributed by atoms with van der Waals surface area (Å²) in [6.45, 7) is 18.5. The summed E-state index contributed by atoms with van der Waals surface area (Å²) >= 11 is 0. The van der Waals surface area contributed by atoms with E-state index in [9.17, 15) is 4.79 Å². The van der Waals surface area contributed by atoms with Crippen LogP contribution in [0.5, 0.6) is 5.75 Å². The van der Waals surface area contributed by atoms with Crippen LogP contribution >= 0.6 is 0 Å². The summed E-state index contributed by atoms with van der Waals surface area (Å²) in [4.78, 5) is 13.5. The van der Waals surface area contributed by atoms with Crippen LogP contribution < -0.4 is 15.4 Å². The molecule has 2 aromatic carbocycles. The predicted octanol–water partition coefficient (Wildman–Crippen LogP) is 5.98. The van der Waals surface area contributed by atoms with Crippen LogP contribution in [0.4, 0.5) is 5.69 Å². The average molecular weight is 558 g/mol. The predicted molar refractivity (Wildman–Crippen MR) is 164 cm³/mol. The van der Waals surface area contributed by atoms with E-state index in [0.29, 0.717) is 12.1 Å². The van der Waals surface area contributed by atoms with Crippen LogP contribution in [0, 0.1) is 19.3 Å². The van der Waals surface area contributed by atoms with Gasteiger partial charge in [0.15, 0.2) is 0 Å². The van der Waals surface area contributed by atoms with Crippen molar-refractivity contribution in [2.24, 2.45) is 12.5 Å². The largest absolute Gasteiger partial charge is 0.496 e. The van der Waals surface area contributed by atoms with Crippen LogP contribution in [0.15, 0.2) is 42.7 Å². The molecule has 0 aliphatic rings. The molecule has 0 atom stereocenters. The molecule has 4 rings (SSSR count). The molecule has 4 aromatic rings. The number of carbonyl (C=O) groups excluding carboxylic acids is 1. The van der Waals surface area contributed by atoms with Crippen LogP contribution in [0.2, 0.25) is 0 Å². The zero-order valence-electron chi connectivity index (χ0n) is 26.0. The van der Waals surface area contributed by atoms with Gasteiger partial charge in [0.25, 0.3) is 5.91 Å². The second-order valence-corrected chi connectivity index (χ2v) is 12.9. The molecule has 2 aromatic heterocycles. The molecular formula is C32H43N7O2. The minimum absolute atomic E-state index is 0.150. The highest BCUT2D eigenvalue weighted by atomic mass is 16.5. The molecule has 1 amide bonds. The first-order valence-corrected chi connectivity index (χ1v) is 13.9. The molecule has 0 saturated heterocycles. The van der Waals surface area contributed by atoms with E-state index in [1.54, 1.807) is 22.7 Å². The van der Waals surface area contributed by atoms with Gasteiger partial charge < -0.3 is 15.4 Å². The summed E-state index contributed by atoms with van der Waals surface area (Å²) in [5.41, 5.74) is 7.69. The highest BCUT2D eigenvalue weighted by Crippen LogP contribution is 2.37. The molecule has 0 fully saturated rings. The van der Waals surface area contributed by atoms with E-state index < -0.39 is 0 Å². The average Bonchev–Trinajstić information content (AvgIpc) is 3.49. The number of anilines is 1. The molecule has 0 saturated carbocycles. The van der Waals surface area contributed by atoms with E-state index in [4.69, 9.17) is 4.74 Å². The van der Waals surface area contributed by atoms with Gasteiger partial charge in [-0.05, 0) is 54.5 Å². The van der Waals surface area contributed by atoms with E-state index in [1.165, 1.54) is 0 Å². The summed E-state index contributed by atoms with van der Waals surface area (Å²) < 4.78 is 9.39. The van der Waals surface area contributed by atoms with Crippen molar-refractivity contribution in [2.45, 2.75) is 67.3 Å². The number of aromatic nitrogens is 5. The first-order valence-electron chi connectivity index (χ1n) is 13.9. The molecule has 0 radical (unpaired) electrons. The number of hydrogen-bond donors (Lipinski definition) is 2. The van der Waals surface area contributed by atoms with Crippen LogP contribution in [0.25, 0.3) is 16.9 Å². The molecule has 0 spiro atoms. The van der Waals surface area contributed by atoms with Crippen molar-refractivity contribution < 1.29 is 9.53 Å². The van der Waals surface area contributed by atoms with Crippen molar-refractivity contribution in [1.29, 1.82) is 0 Å². The fraction of sp³-hybridized carbons (Fsp3) is 0.438. The Labute approximate surface area is 243 Å². The third-order valence-corrected chi connectivity index (χ3v) is 7.13. The van der Waals surface area contributed by atoms with E-state index in [0.717, 1.165) is 57.3 Å². The lowest BCUT2D eigenvalue weighted by atomic mass is 9.84. The smallest absolute Gasteiger partial charge is 0.255 e. The summed E-state index contributed by atoms with van der Waals surface area (Å²) in [5.74, 6) is 0.647. The van der Waals surface area contributed by atoms with Crippen molar-refractivity contribution >= 4 is 11.6 Å². The number of rotatable bonds is 8. The van der Waals surface area contributed by atoms with Crippen LogP contribution in [0.3, 0.4) is 0 Å². The molecule has 0 aliphatic heterocycles. The second-order valence-electron chi connectivity index (χ2n) is 12.9. The van der Waals surface area contributed by atoms with Gasteiger partial charge in [0.1, 0.15) is 11.4 Å². The topological polar surface area (TPSA) is 98.9 Å². The number of nitrogens with one attached hydrogen (secondary N) is 2. The fourth-order valence-corrected chi connectivity index (χ4v) is 4.72. The number of methoxy groups -OCH3 is 1. The lowest BCUT2D eigenvalue weighted by molar-refractivity contribution is 0.102. The van der Waals surface area contributed by atoms with Crippen LogP contribution in [0.1, 0.15) is 74.3 Å². The summed E-state index contributed by atoms with van der Waals surface area (Å²) in [6.07, 6.45) is 3.65. The maximum Gasteiger partial charge on any atom is 0.255 e. The number of amides is 1. The molecule has 0 bridgehead atoms. The van der Waals surface area contributed by atoms with E-state index in [1.807, 2.05) is 57.4 Å². The Morgan fingerprint density at radius 1 is 1.05 bits per heavy atom. The summed E-state index contributed by atoms with van der Waals surface area (Å²) in [5, 5.41) is 19.7. The van der Waals surface area contributed by atoms with Gasteiger partial charge in [0.2, 0.25) is 0 Å². The van der Waals surface area contributed by atoms with Gasteiger partial charge in [-0.3, -0.25) is 9.48 Å². The Balaban J connectivity index is 1.63. The molecular weight excluding hydrogens is 514 g/mol. The molecule has 0 unspecified atom stereocenters. The van der Waals surface area contributed by atoms with Crippen molar-refractivity contribution in [3.63, 3.8) is 0 Å². The molecule has 9 nitrogen and oxygen atoms in total. The van der Waals surface area contributed by atoms with E-state index in [-0.39, 0.29) is 16.7 Å². The van der Waals surface area contributed by atoms with E-state index in [2.05, 4.69) is 67.6 Å². The quantitative estimate of drug-likeness (QED) is 0.277. The van der Waals surface area contributed by atoms with Gasteiger partial charge in [0, 0.05) is 53.8 Å². The Kier molecular flexibility index (Phi) is 8.40. The fourth-order valence-electron chi connectivity index (χ4n) is 4.72. The summed E-state index contributed by atoms with van der Waals surface area (Å²) in [7, 11) is 3.60. The minimum atomic E-state index is -0.201. The lowest BCUT2D eigenvalue weighted by Gasteiger charge is -2.26. The zero-order chi connectivity index (χ0) is 30.1. The Morgan fingerprint density at radius 2 is 1.78 bits per heavy atom. The van der Waals surface area contributed by atoms with Gasteiger partial charge in [-0.25, -0.2) is 4.68 Å².